The van der Waals surface area contributed by atoms with Crippen LogP contribution in [0.1, 0.15) is 20.3 Å². The predicted molar refractivity (Wildman–Crippen MR) is 58.3 cm³/mol. The minimum Gasteiger partial charge on any atom is -0.339 e. The molecule has 0 spiro atoms. The van der Waals surface area contributed by atoms with E-state index in [2.05, 4.69) is 9.71 Å². The molecule has 16 heavy (non-hydrogen) atoms. The van der Waals surface area contributed by atoms with E-state index in [0.29, 0.717) is 6.42 Å². The number of aryl methyl sites for hydroxylation is 1. The first-order valence-electron chi connectivity index (χ1n) is 4.90. The van der Waals surface area contributed by atoms with Gasteiger partial charge in [0, 0.05) is 19.7 Å². The van der Waals surface area contributed by atoms with Crippen LogP contribution in [-0.2, 0) is 21.9 Å². The SMILES string of the molecule is CCC(=O)C(C)NS(=O)(=O)c1cn(C)cn1. The lowest BCUT2D eigenvalue weighted by atomic mass is 10.2. The zero-order valence-electron chi connectivity index (χ0n) is 9.47. The molecule has 0 aliphatic carbocycles. The number of sulfonamides is 1. The van der Waals surface area contributed by atoms with Gasteiger partial charge in [0.1, 0.15) is 5.78 Å². The predicted octanol–water partition coefficient (Wildman–Crippen LogP) is 0.0660. The molecule has 0 aliphatic heterocycles. The van der Waals surface area contributed by atoms with Crippen molar-refractivity contribution in [2.45, 2.75) is 31.3 Å². The lowest BCUT2D eigenvalue weighted by Gasteiger charge is -2.10. The Labute approximate surface area is 94.7 Å². The summed E-state index contributed by atoms with van der Waals surface area (Å²) in [5.74, 6) is -0.153. The second-order valence-electron chi connectivity index (χ2n) is 3.54. The number of hydrogen-bond donors (Lipinski definition) is 1. The summed E-state index contributed by atoms with van der Waals surface area (Å²) in [5.41, 5.74) is 0. The second-order valence-corrected chi connectivity index (χ2v) is 5.20. The largest absolute Gasteiger partial charge is 0.339 e. The van der Waals surface area contributed by atoms with E-state index in [1.54, 1.807) is 14.0 Å². The van der Waals surface area contributed by atoms with Crippen molar-refractivity contribution in [1.82, 2.24) is 14.3 Å². The molecular weight excluding hydrogens is 230 g/mol. The first-order valence-corrected chi connectivity index (χ1v) is 6.38. The van der Waals surface area contributed by atoms with Crippen molar-refractivity contribution in [1.29, 1.82) is 0 Å². The van der Waals surface area contributed by atoms with Gasteiger partial charge in [-0.2, -0.15) is 4.72 Å². The maximum absolute atomic E-state index is 11.7. The molecule has 1 heterocycles. The third-order valence-corrected chi connectivity index (χ3v) is 3.55. The minimum atomic E-state index is -3.70. The summed E-state index contributed by atoms with van der Waals surface area (Å²) in [6, 6.07) is -0.725. The standard InChI is InChI=1S/C9H15N3O3S/c1-4-8(13)7(2)11-16(14,15)9-5-12(3)6-10-9/h5-7,11H,4H2,1-3H3. The van der Waals surface area contributed by atoms with Gasteiger partial charge in [-0.3, -0.25) is 4.79 Å². The van der Waals surface area contributed by atoms with Crippen LogP contribution in [-0.4, -0.2) is 29.8 Å². The molecule has 1 aromatic rings. The van der Waals surface area contributed by atoms with E-state index in [0.717, 1.165) is 0 Å². The Morgan fingerprint density at radius 1 is 1.62 bits per heavy atom. The molecule has 7 heteroatoms. The van der Waals surface area contributed by atoms with Crippen molar-refractivity contribution in [3.05, 3.63) is 12.5 Å². The summed E-state index contributed by atoms with van der Waals surface area (Å²) in [4.78, 5) is 15.0. The van der Waals surface area contributed by atoms with Crippen LogP contribution in [0.3, 0.4) is 0 Å². The summed E-state index contributed by atoms with van der Waals surface area (Å²) in [6.07, 6.45) is 3.07. The van der Waals surface area contributed by atoms with Crippen molar-refractivity contribution in [2.24, 2.45) is 7.05 Å². The number of imidazole rings is 1. The van der Waals surface area contributed by atoms with Gasteiger partial charge in [0.05, 0.1) is 12.4 Å². The molecule has 1 aromatic heterocycles. The molecule has 0 amide bonds. The average molecular weight is 245 g/mol. The van der Waals surface area contributed by atoms with Crippen LogP contribution in [0.2, 0.25) is 0 Å². The fourth-order valence-electron chi connectivity index (χ4n) is 1.19. The Bertz CT molecular complexity index is 478. The van der Waals surface area contributed by atoms with Crippen LogP contribution in [0.4, 0.5) is 0 Å². The Morgan fingerprint density at radius 3 is 2.69 bits per heavy atom. The molecule has 1 N–H and O–H groups in total. The van der Waals surface area contributed by atoms with Crippen LogP contribution in [0.15, 0.2) is 17.6 Å². The van der Waals surface area contributed by atoms with E-state index < -0.39 is 16.1 Å². The summed E-state index contributed by atoms with van der Waals surface area (Å²) in [6.45, 7) is 3.21. The van der Waals surface area contributed by atoms with E-state index in [-0.39, 0.29) is 10.8 Å². The van der Waals surface area contributed by atoms with Gasteiger partial charge in [-0.25, -0.2) is 13.4 Å². The number of nitrogens with zero attached hydrogens (tertiary/aromatic N) is 2. The van der Waals surface area contributed by atoms with Gasteiger partial charge < -0.3 is 4.57 Å². The highest BCUT2D eigenvalue weighted by molar-refractivity contribution is 7.89. The Balaban J connectivity index is 2.84. The Kier molecular flexibility index (Phi) is 3.82. The number of carbonyl (C=O) groups is 1. The first kappa shape index (κ1) is 12.9. The van der Waals surface area contributed by atoms with Crippen LogP contribution in [0.25, 0.3) is 0 Å². The molecule has 0 saturated carbocycles. The smallest absolute Gasteiger partial charge is 0.260 e. The van der Waals surface area contributed by atoms with Crippen molar-refractivity contribution >= 4 is 15.8 Å². The maximum Gasteiger partial charge on any atom is 0.260 e. The van der Waals surface area contributed by atoms with Gasteiger partial charge in [0.2, 0.25) is 0 Å². The molecule has 0 aromatic carbocycles. The number of rotatable bonds is 5. The third kappa shape index (κ3) is 2.89. The van der Waals surface area contributed by atoms with E-state index >= 15 is 0 Å². The Hall–Kier alpha value is -1.21. The van der Waals surface area contributed by atoms with Crippen LogP contribution < -0.4 is 4.72 Å². The number of ketones is 1. The number of Topliss-reactive ketones (excluding diaryl/α,β-unsaturated/α-hetero) is 1. The van der Waals surface area contributed by atoms with Gasteiger partial charge in [0.25, 0.3) is 10.0 Å². The molecule has 0 aliphatic rings. The van der Waals surface area contributed by atoms with Crippen LogP contribution in [0.5, 0.6) is 0 Å². The molecule has 0 fully saturated rings. The van der Waals surface area contributed by atoms with Crippen molar-refractivity contribution < 1.29 is 13.2 Å². The van der Waals surface area contributed by atoms with Crippen LogP contribution in [0, 0.1) is 0 Å². The number of carbonyl (C=O) groups excluding carboxylic acids is 1. The zero-order chi connectivity index (χ0) is 12.3. The number of aromatic nitrogens is 2. The molecule has 1 rings (SSSR count). The molecule has 0 bridgehead atoms. The Morgan fingerprint density at radius 2 is 2.25 bits per heavy atom. The summed E-state index contributed by atoms with van der Waals surface area (Å²) >= 11 is 0. The summed E-state index contributed by atoms with van der Waals surface area (Å²) in [5, 5.41) is -0.0780. The molecular formula is C9H15N3O3S. The number of nitrogens with one attached hydrogen (secondary N) is 1. The van der Waals surface area contributed by atoms with Gasteiger partial charge >= 0.3 is 0 Å². The van der Waals surface area contributed by atoms with Crippen molar-refractivity contribution in [3.63, 3.8) is 0 Å². The molecule has 0 radical (unpaired) electrons. The lowest BCUT2D eigenvalue weighted by molar-refractivity contribution is -0.119. The number of hydrogen-bond acceptors (Lipinski definition) is 4. The van der Waals surface area contributed by atoms with E-state index in [1.165, 1.54) is 24.0 Å². The van der Waals surface area contributed by atoms with Gasteiger partial charge in [-0.15, -0.1) is 0 Å². The normalized spacial score (nSPS) is 13.7. The summed E-state index contributed by atoms with van der Waals surface area (Å²) in [7, 11) is -2.02. The van der Waals surface area contributed by atoms with Crippen LogP contribution >= 0.6 is 0 Å². The fraction of sp³-hybridized carbons (Fsp3) is 0.556. The van der Waals surface area contributed by atoms with Gasteiger partial charge in [0.15, 0.2) is 5.03 Å². The molecule has 90 valence electrons. The van der Waals surface area contributed by atoms with Crippen molar-refractivity contribution in [3.8, 4) is 0 Å². The van der Waals surface area contributed by atoms with Crippen molar-refractivity contribution in [2.75, 3.05) is 0 Å². The fourth-order valence-corrected chi connectivity index (χ4v) is 2.40. The highest BCUT2D eigenvalue weighted by atomic mass is 32.2. The maximum atomic E-state index is 11.7. The second kappa shape index (κ2) is 4.75. The zero-order valence-corrected chi connectivity index (χ0v) is 10.3. The third-order valence-electron chi connectivity index (χ3n) is 2.12. The van der Waals surface area contributed by atoms with Gasteiger partial charge in [-0.05, 0) is 6.92 Å². The minimum absolute atomic E-state index is 0.0780. The topological polar surface area (TPSA) is 81.1 Å². The average Bonchev–Trinajstić information content (AvgIpc) is 2.63. The highest BCUT2D eigenvalue weighted by Crippen LogP contribution is 2.05. The van der Waals surface area contributed by atoms with E-state index in [1.807, 2.05) is 0 Å². The quantitative estimate of drug-likeness (QED) is 0.795. The molecule has 6 nitrogen and oxygen atoms in total. The monoisotopic (exact) mass is 245 g/mol. The lowest BCUT2D eigenvalue weighted by Crippen LogP contribution is -2.38. The first-order chi connectivity index (χ1) is 7.36. The van der Waals surface area contributed by atoms with Gasteiger partial charge in [-0.1, -0.05) is 6.92 Å². The molecule has 0 saturated heterocycles. The molecule has 1 unspecified atom stereocenters. The van der Waals surface area contributed by atoms with E-state index in [4.69, 9.17) is 0 Å². The van der Waals surface area contributed by atoms with E-state index in [9.17, 15) is 13.2 Å². The summed E-state index contributed by atoms with van der Waals surface area (Å²) < 4.78 is 27.3. The highest BCUT2D eigenvalue weighted by Gasteiger charge is 2.22. The molecule has 1 atom stereocenters.